The van der Waals surface area contributed by atoms with E-state index in [1.165, 1.54) is 5.01 Å². The number of carbonyl (C=O) groups is 1. The third kappa shape index (κ3) is 6.96. The smallest absolute Gasteiger partial charge is 0.410 e. The lowest BCUT2D eigenvalue weighted by Gasteiger charge is -2.36. The van der Waals surface area contributed by atoms with E-state index >= 15 is 0 Å². The molecular weight excluding hydrogens is 512 g/mol. The van der Waals surface area contributed by atoms with Crippen LogP contribution in [0.5, 0.6) is 0 Å². The highest BCUT2D eigenvalue weighted by molar-refractivity contribution is 5.98. The van der Waals surface area contributed by atoms with E-state index in [4.69, 9.17) is 20.8 Å². The van der Waals surface area contributed by atoms with Crippen LogP contribution in [-0.2, 0) is 11.3 Å². The van der Waals surface area contributed by atoms with Gasteiger partial charge >= 0.3 is 12.5 Å². The van der Waals surface area contributed by atoms with Gasteiger partial charge in [0.15, 0.2) is 5.84 Å². The lowest BCUT2D eigenvalue weighted by atomic mass is 10.1. The van der Waals surface area contributed by atoms with Crippen molar-refractivity contribution in [3.8, 4) is 11.5 Å². The lowest BCUT2D eigenvalue weighted by molar-refractivity contribution is 0.0240. The van der Waals surface area contributed by atoms with E-state index in [9.17, 15) is 13.6 Å². The van der Waals surface area contributed by atoms with Crippen LogP contribution in [0.1, 0.15) is 44.2 Å². The molecule has 3 heterocycles. The molecule has 0 atom stereocenters. The number of ether oxygens (including phenoxy) is 1. The summed E-state index contributed by atoms with van der Waals surface area (Å²) in [5.74, 6) is 12.3. The Hall–Kier alpha value is -4.33. The predicted molar refractivity (Wildman–Crippen MR) is 139 cm³/mol. The molecule has 1 fully saturated rings. The number of nitrogens with two attached hydrogens (primary N) is 2. The van der Waals surface area contributed by atoms with Crippen LogP contribution in [0.25, 0.3) is 11.5 Å². The van der Waals surface area contributed by atoms with Crippen LogP contribution in [0.3, 0.4) is 0 Å². The van der Waals surface area contributed by atoms with Crippen LogP contribution in [0.15, 0.2) is 52.1 Å². The minimum atomic E-state index is -2.83. The summed E-state index contributed by atoms with van der Waals surface area (Å²) in [7, 11) is 0. The van der Waals surface area contributed by atoms with Crippen molar-refractivity contribution in [1.29, 1.82) is 0 Å². The maximum absolute atomic E-state index is 12.7. The van der Waals surface area contributed by atoms with E-state index in [1.807, 2.05) is 32.9 Å². The third-order valence-electron chi connectivity index (χ3n) is 5.84. The summed E-state index contributed by atoms with van der Waals surface area (Å²) in [5.41, 5.74) is 1.40. The second-order valence-corrected chi connectivity index (χ2v) is 9.88. The van der Waals surface area contributed by atoms with Crippen molar-refractivity contribution in [3.05, 3.63) is 59.6 Å². The average Bonchev–Trinajstić information content (AvgIpc) is 3.40. The van der Waals surface area contributed by atoms with Gasteiger partial charge in [-0.3, -0.25) is 5.01 Å². The SMILES string of the molecule is CC(C)(C)OC(=O)N1CCN(c2ccc(/C(=N/N)N(N)Cc3ccc(-c4nnc(C(F)F)o4)cc3)cn2)CC1. The number of piperazine rings is 1. The van der Waals surface area contributed by atoms with Gasteiger partial charge in [-0.05, 0) is 50.6 Å². The molecule has 0 radical (unpaired) electrons. The number of carbonyl (C=O) groups excluding carboxylic acids is 1. The normalized spacial score (nSPS) is 14.6. The first-order chi connectivity index (χ1) is 18.5. The van der Waals surface area contributed by atoms with Gasteiger partial charge in [0.2, 0.25) is 5.89 Å². The maximum atomic E-state index is 12.7. The molecule has 208 valence electrons. The molecule has 0 saturated carbocycles. The Labute approximate surface area is 224 Å². The minimum Gasteiger partial charge on any atom is -0.444 e. The summed E-state index contributed by atoms with van der Waals surface area (Å²) < 4.78 is 35.8. The van der Waals surface area contributed by atoms with E-state index in [0.29, 0.717) is 43.1 Å². The Balaban J connectivity index is 1.34. The highest BCUT2D eigenvalue weighted by Gasteiger charge is 2.26. The van der Waals surface area contributed by atoms with Gasteiger partial charge in [0.05, 0.1) is 6.54 Å². The lowest BCUT2D eigenvalue weighted by Crippen LogP contribution is -2.50. The molecule has 1 saturated heterocycles. The quantitative estimate of drug-likeness (QED) is 0.205. The Morgan fingerprint density at radius 1 is 1.13 bits per heavy atom. The average molecular weight is 544 g/mol. The van der Waals surface area contributed by atoms with Crippen molar-refractivity contribution in [2.75, 3.05) is 31.1 Å². The minimum absolute atomic E-state index is 0.00285. The van der Waals surface area contributed by atoms with Crippen LogP contribution in [-0.4, -0.2) is 68.8 Å². The van der Waals surface area contributed by atoms with Crippen molar-refractivity contribution < 1.29 is 22.7 Å². The van der Waals surface area contributed by atoms with Gasteiger partial charge in [-0.15, -0.1) is 10.2 Å². The zero-order valence-corrected chi connectivity index (χ0v) is 21.9. The molecule has 1 aliphatic rings. The molecule has 39 heavy (non-hydrogen) atoms. The zero-order chi connectivity index (χ0) is 28.2. The van der Waals surface area contributed by atoms with Crippen LogP contribution in [0, 0.1) is 0 Å². The van der Waals surface area contributed by atoms with Gasteiger partial charge in [-0.1, -0.05) is 12.1 Å². The Kier molecular flexibility index (Phi) is 8.24. The number of aromatic nitrogens is 3. The first-order valence-corrected chi connectivity index (χ1v) is 12.2. The van der Waals surface area contributed by atoms with E-state index in [-0.39, 0.29) is 18.5 Å². The summed E-state index contributed by atoms with van der Waals surface area (Å²) in [6, 6.07) is 10.5. The van der Waals surface area contributed by atoms with Crippen LogP contribution in [0.4, 0.5) is 19.4 Å². The van der Waals surface area contributed by atoms with Gasteiger partial charge in [-0.2, -0.15) is 13.9 Å². The number of hydrazine groups is 1. The van der Waals surface area contributed by atoms with Crippen molar-refractivity contribution >= 4 is 17.7 Å². The van der Waals surface area contributed by atoms with Gasteiger partial charge in [0.1, 0.15) is 11.4 Å². The molecule has 1 amide bonds. The summed E-state index contributed by atoms with van der Waals surface area (Å²) in [5, 5.41) is 12.2. The number of amidine groups is 1. The van der Waals surface area contributed by atoms with Crippen molar-refractivity contribution in [2.24, 2.45) is 16.8 Å². The number of hydrazone groups is 1. The first-order valence-electron chi connectivity index (χ1n) is 12.2. The molecule has 0 spiro atoms. The number of anilines is 1. The molecule has 14 heteroatoms. The number of nitrogens with zero attached hydrogens (tertiary/aromatic N) is 7. The molecule has 0 bridgehead atoms. The Morgan fingerprint density at radius 3 is 2.36 bits per heavy atom. The number of rotatable bonds is 6. The van der Waals surface area contributed by atoms with Crippen LogP contribution >= 0.6 is 0 Å². The maximum Gasteiger partial charge on any atom is 0.410 e. The number of pyridine rings is 1. The van der Waals surface area contributed by atoms with Crippen LogP contribution in [0.2, 0.25) is 0 Å². The Bertz CT molecular complexity index is 1280. The number of hydrogen-bond donors (Lipinski definition) is 2. The molecule has 12 nitrogen and oxygen atoms in total. The summed E-state index contributed by atoms with van der Waals surface area (Å²) >= 11 is 0. The molecule has 1 aromatic carbocycles. The number of benzene rings is 1. The zero-order valence-electron chi connectivity index (χ0n) is 21.9. The number of alkyl halides is 2. The predicted octanol–water partition coefficient (Wildman–Crippen LogP) is 3.12. The fourth-order valence-corrected chi connectivity index (χ4v) is 3.93. The monoisotopic (exact) mass is 543 g/mol. The standard InChI is InChI=1S/C25H31F2N9O3/c1-25(2,3)39-24(37)35-12-10-34(11-13-35)19-9-8-18(14-30-19)21(31-28)36(29)15-16-4-6-17(7-5-16)22-32-33-23(38-22)20(26)27/h4-9,14,20H,10-13,15,28-29H2,1-3H3/b31-21-. The van der Waals surface area contributed by atoms with E-state index < -0.39 is 17.9 Å². The van der Waals surface area contributed by atoms with Gasteiger partial charge in [-0.25, -0.2) is 15.6 Å². The van der Waals surface area contributed by atoms with Crippen molar-refractivity contribution in [3.63, 3.8) is 0 Å². The number of hydrogen-bond acceptors (Lipinski definition) is 10. The molecular formula is C25H31F2N9O3. The third-order valence-corrected chi connectivity index (χ3v) is 5.84. The fraction of sp³-hybridized carbons (Fsp3) is 0.400. The topological polar surface area (TPSA) is 152 Å². The highest BCUT2D eigenvalue weighted by Crippen LogP contribution is 2.24. The van der Waals surface area contributed by atoms with E-state index in [2.05, 4.69) is 25.2 Å². The summed E-state index contributed by atoms with van der Waals surface area (Å²) in [6.07, 6.45) is -1.51. The van der Waals surface area contributed by atoms with Gasteiger partial charge < -0.3 is 24.8 Å². The second-order valence-electron chi connectivity index (χ2n) is 9.88. The molecule has 2 aromatic heterocycles. The van der Waals surface area contributed by atoms with Crippen molar-refractivity contribution in [1.82, 2.24) is 25.1 Å². The molecule has 3 aromatic rings. The first kappa shape index (κ1) is 27.7. The van der Waals surface area contributed by atoms with E-state index in [0.717, 1.165) is 11.4 Å². The molecule has 4 N–H and O–H groups in total. The largest absolute Gasteiger partial charge is 0.444 e. The van der Waals surface area contributed by atoms with Gasteiger partial charge in [0.25, 0.3) is 5.89 Å². The second kappa shape index (κ2) is 11.6. The highest BCUT2D eigenvalue weighted by atomic mass is 19.3. The Morgan fingerprint density at radius 2 is 1.82 bits per heavy atom. The molecule has 0 unspecified atom stereocenters. The molecule has 4 rings (SSSR count). The fourth-order valence-electron chi connectivity index (χ4n) is 3.93. The number of amides is 1. The van der Waals surface area contributed by atoms with Crippen molar-refractivity contribution in [2.45, 2.75) is 39.3 Å². The molecule has 1 aliphatic heterocycles. The molecule has 0 aliphatic carbocycles. The van der Waals surface area contributed by atoms with Crippen LogP contribution < -0.4 is 16.6 Å². The van der Waals surface area contributed by atoms with Gasteiger partial charge in [0, 0.05) is 43.5 Å². The number of halogens is 2. The summed E-state index contributed by atoms with van der Waals surface area (Å²) in [6.45, 7) is 8.10. The summed E-state index contributed by atoms with van der Waals surface area (Å²) in [4.78, 5) is 20.6. The van der Waals surface area contributed by atoms with E-state index in [1.54, 1.807) is 35.4 Å².